The number of nitrogens with one attached hydrogen (secondary N) is 2. The zero-order valence-electron chi connectivity index (χ0n) is 15.2. The number of aryl methyl sites for hydroxylation is 1. The predicted molar refractivity (Wildman–Crippen MR) is 105 cm³/mol. The van der Waals surface area contributed by atoms with Gasteiger partial charge in [-0.1, -0.05) is 30.3 Å². The highest BCUT2D eigenvalue weighted by Crippen LogP contribution is 2.17. The molecule has 3 rings (SSSR count). The Kier molecular flexibility index (Phi) is 5.99. The number of imidazole rings is 1. The second kappa shape index (κ2) is 8.80. The Morgan fingerprint density at radius 3 is 2.81 bits per heavy atom. The van der Waals surface area contributed by atoms with E-state index in [4.69, 9.17) is 9.83 Å². The highest BCUT2D eigenvalue weighted by molar-refractivity contribution is 6.43. The zero-order chi connectivity index (χ0) is 19.1. The van der Waals surface area contributed by atoms with Crippen molar-refractivity contribution in [2.24, 2.45) is 0 Å². The number of hydrogen-bond donors (Lipinski definition) is 2. The molecule has 2 N–H and O–H groups in total. The Balaban J connectivity index is 1.48. The number of benzene rings is 1. The molecule has 138 valence electrons. The molecular formula is C21H22N4O2. The molecule has 0 atom stereocenters. The molecule has 0 aliphatic heterocycles. The molecule has 0 unspecified atom stereocenters. The van der Waals surface area contributed by atoms with E-state index in [0.29, 0.717) is 12.3 Å². The third kappa shape index (κ3) is 4.82. The molecule has 2 aromatic heterocycles. The first-order valence-electron chi connectivity index (χ1n) is 8.80. The molecule has 0 radical (unpaired) electrons. The molecule has 27 heavy (non-hydrogen) atoms. The molecule has 1 aromatic carbocycles. The Morgan fingerprint density at radius 1 is 1.26 bits per heavy atom. The van der Waals surface area contributed by atoms with Gasteiger partial charge in [-0.2, -0.15) is 0 Å². The van der Waals surface area contributed by atoms with Gasteiger partial charge in [-0.05, 0) is 37.1 Å². The number of rotatable bonds is 8. The van der Waals surface area contributed by atoms with E-state index in [1.54, 1.807) is 24.6 Å². The van der Waals surface area contributed by atoms with Gasteiger partial charge in [0.1, 0.15) is 17.3 Å². The van der Waals surface area contributed by atoms with Crippen molar-refractivity contribution in [3.05, 3.63) is 73.0 Å². The minimum Gasteiger partial charge on any atom is -0.465 e. The fourth-order valence-electron chi connectivity index (χ4n) is 2.74. The summed E-state index contributed by atoms with van der Waals surface area (Å²) in [7, 11) is 0. The summed E-state index contributed by atoms with van der Waals surface area (Å²) in [5.41, 5.74) is 1.72. The number of carbonyl (C=O) groups excluding carboxylic acids is 1. The maximum Gasteiger partial charge on any atom is 0.269 e. The third-order valence-electron chi connectivity index (χ3n) is 4.12. The summed E-state index contributed by atoms with van der Waals surface area (Å²) in [6.07, 6.45) is 7.53. The van der Waals surface area contributed by atoms with Crippen molar-refractivity contribution in [1.82, 2.24) is 14.9 Å². The number of carbonyl (C=O) groups is 1. The highest BCUT2D eigenvalue weighted by Gasteiger charge is 2.09. The van der Waals surface area contributed by atoms with Crippen molar-refractivity contribution < 1.29 is 9.21 Å². The summed E-state index contributed by atoms with van der Waals surface area (Å²) >= 11 is 0. The van der Waals surface area contributed by atoms with Gasteiger partial charge in [0, 0.05) is 31.0 Å². The van der Waals surface area contributed by atoms with Gasteiger partial charge >= 0.3 is 0 Å². The summed E-state index contributed by atoms with van der Waals surface area (Å²) < 4.78 is 7.32. The first kappa shape index (κ1) is 18.4. The minimum absolute atomic E-state index is 0.0866. The number of aromatic nitrogens is 2. The van der Waals surface area contributed by atoms with Gasteiger partial charge in [-0.25, -0.2) is 4.98 Å². The van der Waals surface area contributed by atoms with Crippen molar-refractivity contribution in [3.63, 3.8) is 0 Å². The van der Waals surface area contributed by atoms with Crippen LogP contribution in [0.25, 0.3) is 17.0 Å². The van der Waals surface area contributed by atoms with Crippen LogP contribution >= 0.6 is 0 Å². The van der Waals surface area contributed by atoms with E-state index in [-0.39, 0.29) is 5.71 Å². The Morgan fingerprint density at radius 2 is 2.07 bits per heavy atom. The maximum atomic E-state index is 12.1. The second-order valence-electron chi connectivity index (χ2n) is 6.14. The van der Waals surface area contributed by atoms with Gasteiger partial charge in [-0.15, -0.1) is 0 Å². The molecule has 6 nitrogen and oxygen atoms in total. The number of hydrogen-bond acceptors (Lipinski definition) is 4. The van der Waals surface area contributed by atoms with Crippen LogP contribution in [0.5, 0.6) is 0 Å². The van der Waals surface area contributed by atoms with E-state index >= 15 is 0 Å². The summed E-state index contributed by atoms with van der Waals surface area (Å²) in [6, 6.07) is 13.6. The topological polar surface area (TPSA) is 83.9 Å². The lowest BCUT2D eigenvalue weighted by molar-refractivity contribution is -0.114. The predicted octanol–water partition coefficient (Wildman–Crippen LogP) is 3.77. The van der Waals surface area contributed by atoms with Crippen molar-refractivity contribution >= 4 is 17.2 Å². The summed E-state index contributed by atoms with van der Waals surface area (Å²) in [4.78, 5) is 16.5. The van der Waals surface area contributed by atoms with E-state index in [1.165, 1.54) is 6.08 Å². The molecule has 0 saturated carbocycles. The largest absolute Gasteiger partial charge is 0.465 e. The molecule has 0 aliphatic carbocycles. The molecule has 0 spiro atoms. The monoisotopic (exact) mass is 362 g/mol. The quantitative estimate of drug-likeness (QED) is 0.472. The molecule has 0 fully saturated rings. The Bertz CT molecular complexity index is 924. The van der Waals surface area contributed by atoms with Crippen molar-refractivity contribution in [2.45, 2.75) is 19.9 Å². The van der Waals surface area contributed by atoms with E-state index in [1.807, 2.05) is 43.5 Å². The molecule has 0 aliphatic rings. The molecule has 0 saturated heterocycles. The summed E-state index contributed by atoms with van der Waals surface area (Å²) in [6.45, 7) is 3.03. The van der Waals surface area contributed by atoms with Crippen LogP contribution in [-0.4, -0.2) is 27.7 Å². The standard InChI is InChI=1S/C21H22N4O2/c1-16(19-9-5-14-27-19)15-18(22)21(26)24-10-6-12-25-13-11-23-20(25)17-7-3-2-4-8-17/h2-5,7-9,11,13-15,22H,6,10,12H2,1H3,(H,24,26)/b16-15+,22-18?. The van der Waals surface area contributed by atoms with Crippen LogP contribution in [0.2, 0.25) is 0 Å². The first-order chi connectivity index (χ1) is 13.1. The van der Waals surface area contributed by atoms with Gasteiger partial charge in [0.25, 0.3) is 5.91 Å². The lowest BCUT2D eigenvalue weighted by Gasteiger charge is -2.09. The SMILES string of the molecule is C/C(=C\C(=N)C(=O)NCCCn1ccnc1-c1ccccc1)c1ccco1. The zero-order valence-corrected chi connectivity index (χ0v) is 15.2. The third-order valence-corrected chi connectivity index (χ3v) is 4.12. The number of nitrogens with zero attached hydrogens (tertiary/aromatic N) is 2. The van der Waals surface area contributed by atoms with Gasteiger partial charge in [-0.3, -0.25) is 10.2 Å². The minimum atomic E-state index is -0.394. The van der Waals surface area contributed by atoms with E-state index < -0.39 is 5.91 Å². The number of allylic oxidation sites excluding steroid dienone is 1. The van der Waals surface area contributed by atoms with Crippen LogP contribution in [0.3, 0.4) is 0 Å². The number of amides is 1. The Hall–Kier alpha value is -3.41. The lowest BCUT2D eigenvalue weighted by atomic mass is 10.1. The van der Waals surface area contributed by atoms with Crippen LogP contribution in [0.1, 0.15) is 19.1 Å². The van der Waals surface area contributed by atoms with Crippen molar-refractivity contribution in [3.8, 4) is 11.4 Å². The second-order valence-corrected chi connectivity index (χ2v) is 6.14. The average Bonchev–Trinajstić information content (AvgIpc) is 3.37. The summed E-state index contributed by atoms with van der Waals surface area (Å²) in [5, 5.41) is 10.7. The molecular weight excluding hydrogens is 340 g/mol. The van der Waals surface area contributed by atoms with Crippen LogP contribution in [0.4, 0.5) is 0 Å². The van der Waals surface area contributed by atoms with Crippen LogP contribution in [0.15, 0.2) is 71.6 Å². The summed E-state index contributed by atoms with van der Waals surface area (Å²) in [5.74, 6) is 1.17. The lowest BCUT2D eigenvalue weighted by Crippen LogP contribution is -2.30. The van der Waals surface area contributed by atoms with Crippen LogP contribution < -0.4 is 5.32 Å². The van der Waals surface area contributed by atoms with Gasteiger partial charge < -0.3 is 14.3 Å². The van der Waals surface area contributed by atoms with Crippen LogP contribution in [-0.2, 0) is 11.3 Å². The molecule has 1 amide bonds. The van der Waals surface area contributed by atoms with E-state index in [2.05, 4.69) is 14.9 Å². The normalized spacial score (nSPS) is 11.4. The number of furan rings is 1. The highest BCUT2D eigenvalue weighted by atomic mass is 16.3. The molecule has 2 heterocycles. The van der Waals surface area contributed by atoms with Crippen molar-refractivity contribution in [2.75, 3.05) is 6.54 Å². The smallest absolute Gasteiger partial charge is 0.269 e. The van der Waals surface area contributed by atoms with E-state index in [9.17, 15) is 4.79 Å². The molecule has 3 aromatic rings. The molecule has 6 heteroatoms. The van der Waals surface area contributed by atoms with Gasteiger partial charge in [0.05, 0.1) is 6.26 Å². The van der Waals surface area contributed by atoms with Gasteiger partial charge in [0.2, 0.25) is 0 Å². The Labute approximate surface area is 158 Å². The van der Waals surface area contributed by atoms with E-state index in [0.717, 1.165) is 29.9 Å². The molecule has 0 bridgehead atoms. The van der Waals surface area contributed by atoms with Crippen molar-refractivity contribution in [1.29, 1.82) is 5.41 Å². The van der Waals surface area contributed by atoms with Crippen LogP contribution in [0, 0.1) is 5.41 Å². The first-order valence-corrected chi connectivity index (χ1v) is 8.80. The maximum absolute atomic E-state index is 12.1. The fourth-order valence-corrected chi connectivity index (χ4v) is 2.74. The fraction of sp³-hybridized carbons (Fsp3) is 0.190. The average molecular weight is 362 g/mol. The van der Waals surface area contributed by atoms with Gasteiger partial charge in [0.15, 0.2) is 0 Å².